The van der Waals surface area contributed by atoms with E-state index in [-0.39, 0.29) is 11.1 Å². The number of tetrazole rings is 1. The summed E-state index contributed by atoms with van der Waals surface area (Å²) in [5, 5.41) is 13.8. The van der Waals surface area contributed by atoms with Crippen LogP contribution in [0.3, 0.4) is 0 Å². The molecule has 0 spiro atoms. The number of aromatic nitrogens is 6. The fourth-order valence-corrected chi connectivity index (χ4v) is 2.42. The zero-order valence-electron chi connectivity index (χ0n) is 11.9. The van der Waals surface area contributed by atoms with Crippen molar-refractivity contribution in [3.05, 3.63) is 16.2 Å². The lowest BCUT2D eigenvalue weighted by atomic mass is 9.98. The number of aryl methyl sites for hydroxylation is 1. The summed E-state index contributed by atoms with van der Waals surface area (Å²) in [5.41, 5.74) is -0.255. The number of H-pyrrole nitrogens is 2. The van der Waals surface area contributed by atoms with Gasteiger partial charge in [-0.25, -0.2) is 0 Å². The van der Waals surface area contributed by atoms with Crippen molar-refractivity contribution in [3.8, 4) is 0 Å². The fourth-order valence-electron chi connectivity index (χ4n) is 1.94. The molecule has 9 heteroatoms. The molecule has 0 fully saturated rings. The van der Waals surface area contributed by atoms with Gasteiger partial charge in [0.15, 0.2) is 5.82 Å². The minimum Gasteiger partial charge on any atom is -0.346 e. The third kappa shape index (κ3) is 3.21. The van der Waals surface area contributed by atoms with Gasteiger partial charge in [-0.3, -0.25) is 9.17 Å². The molecule has 0 bridgehead atoms. The number of hydrogen-bond donors (Lipinski definition) is 2. The molecule has 20 heavy (non-hydrogen) atoms. The van der Waals surface area contributed by atoms with E-state index in [0.717, 1.165) is 37.5 Å². The summed E-state index contributed by atoms with van der Waals surface area (Å²) in [5.74, 6) is 1.18. The molecule has 2 aromatic rings. The zero-order chi connectivity index (χ0) is 14.6. The highest BCUT2D eigenvalue weighted by Crippen LogP contribution is 2.23. The van der Waals surface area contributed by atoms with Crippen molar-refractivity contribution in [1.82, 2.24) is 29.4 Å². The highest BCUT2D eigenvalue weighted by atomic mass is 32.1. The molecular weight excluding hydrogens is 278 g/mol. The molecule has 2 N–H and O–H groups in total. The molecule has 0 saturated carbocycles. The molecule has 0 radical (unpaired) electrons. The van der Waals surface area contributed by atoms with Gasteiger partial charge in [-0.05, 0) is 26.7 Å². The maximum atomic E-state index is 11.8. The minimum absolute atomic E-state index is 0.127. The number of nitrogens with zero attached hydrogens (tertiary/aromatic N) is 5. The van der Waals surface area contributed by atoms with E-state index in [1.807, 2.05) is 0 Å². The SMILES string of the molecule is CCC(C)(C)N(CCCc1nn[nH]n1)c1ns[nH]c1=O. The monoisotopic (exact) mass is 297 g/mol. The zero-order valence-corrected chi connectivity index (χ0v) is 12.7. The van der Waals surface area contributed by atoms with Crippen LogP contribution in [0.15, 0.2) is 4.79 Å². The number of aromatic amines is 2. The Morgan fingerprint density at radius 2 is 2.20 bits per heavy atom. The maximum absolute atomic E-state index is 11.8. The Labute approximate surface area is 120 Å². The fraction of sp³-hybridized carbons (Fsp3) is 0.727. The van der Waals surface area contributed by atoms with Crippen LogP contribution in [0, 0.1) is 0 Å². The molecule has 8 nitrogen and oxygen atoms in total. The molecule has 2 heterocycles. The van der Waals surface area contributed by atoms with Gasteiger partial charge < -0.3 is 4.90 Å². The van der Waals surface area contributed by atoms with E-state index in [1.165, 1.54) is 0 Å². The Morgan fingerprint density at radius 3 is 2.75 bits per heavy atom. The molecule has 2 rings (SSSR count). The molecule has 0 saturated heterocycles. The van der Waals surface area contributed by atoms with Crippen LogP contribution in [-0.2, 0) is 6.42 Å². The van der Waals surface area contributed by atoms with Crippen molar-refractivity contribution in [1.29, 1.82) is 0 Å². The molecule has 0 atom stereocenters. The molecule has 0 unspecified atom stereocenters. The lowest BCUT2D eigenvalue weighted by molar-refractivity contribution is 0.435. The lowest BCUT2D eigenvalue weighted by Gasteiger charge is -2.37. The number of hydrogen-bond acceptors (Lipinski definition) is 7. The van der Waals surface area contributed by atoms with Gasteiger partial charge in [0.2, 0.25) is 5.82 Å². The third-order valence-electron chi connectivity index (χ3n) is 3.50. The number of anilines is 1. The topological polar surface area (TPSA) is 103 Å². The van der Waals surface area contributed by atoms with Crippen LogP contribution in [0.5, 0.6) is 0 Å². The normalized spacial score (nSPS) is 11.8. The Morgan fingerprint density at radius 1 is 1.40 bits per heavy atom. The average molecular weight is 297 g/mol. The predicted molar refractivity (Wildman–Crippen MR) is 76.9 cm³/mol. The second-order valence-electron chi connectivity index (χ2n) is 5.19. The molecule has 0 aliphatic rings. The van der Waals surface area contributed by atoms with Crippen LogP contribution in [0.2, 0.25) is 0 Å². The molecule has 0 amide bonds. The second kappa shape index (κ2) is 6.12. The van der Waals surface area contributed by atoms with E-state index in [0.29, 0.717) is 11.6 Å². The van der Waals surface area contributed by atoms with Crippen molar-refractivity contribution in [3.63, 3.8) is 0 Å². The first-order chi connectivity index (χ1) is 9.54. The van der Waals surface area contributed by atoms with E-state index >= 15 is 0 Å². The van der Waals surface area contributed by atoms with Crippen molar-refractivity contribution < 1.29 is 0 Å². The van der Waals surface area contributed by atoms with E-state index < -0.39 is 0 Å². The van der Waals surface area contributed by atoms with Crippen LogP contribution in [0.1, 0.15) is 39.4 Å². The van der Waals surface area contributed by atoms with E-state index in [4.69, 9.17) is 0 Å². The van der Waals surface area contributed by atoms with Gasteiger partial charge in [-0.2, -0.15) is 9.59 Å². The number of rotatable bonds is 7. The summed E-state index contributed by atoms with van der Waals surface area (Å²) in [6.45, 7) is 7.05. The van der Waals surface area contributed by atoms with Gasteiger partial charge in [0.1, 0.15) is 0 Å². The van der Waals surface area contributed by atoms with Crippen LogP contribution < -0.4 is 10.5 Å². The Balaban J connectivity index is 2.08. The quantitative estimate of drug-likeness (QED) is 0.789. The highest BCUT2D eigenvalue weighted by Gasteiger charge is 2.28. The van der Waals surface area contributed by atoms with E-state index in [2.05, 4.69) is 55.0 Å². The summed E-state index contributed by atoms with van der Waals surface area (Å²) in [6.07, 6.45) is 2.47. The van der Waals surface area contributed by atoms with Crippen molar-refractivity contribution in [2.24, 2.45) is 0 Å². The molecule has 0 aromatic carbocycles. The summed E-state index contributed by atoms with van der Waals surface area (Å²) in [6, 6.07) is 0. The maximum Gasteiger partial charge on any atom is 0.302 e. The van der Waals surface area contributed by atoms with Crippen molar-refractivity contribution in [2.75, 3.05) is 11.4 Å². The molecule has 0 aliphatic carbocycles. The van der Waals surface area contributed by atoms with Gasteiger partial charge in [-0.15, -0.1) is 10.2 Å². The molecular formula is C11H19N7OS. The minimum atomic E-state index is -0.129. The van der Waals surface area contributed by atoms with Gasteiger partial charge in [0, 0.05) is 30.2 Å². The van der Waals surface area contributed by atoms with Crippen LogP contribution in [-0.4, -0.2) is 41.5 Å². The summed E-state index contributed by atoms with van der Waals surface area (Å²) >= 11 is 1.08. The summed E-state index contributed by atoms with van der Waals surface area (Å²) < 4.78 is 6.84. The molecule has 110 valence electrons. The summed E-state index contributed by atoms with van der Waals surface area (Å²) in [4.78, 5) is 13.9. The van der Waals surface area contributed by atoms with Gasteiger partial charge >= 0.3 is 5.56 Å². The van der Waals surface area contributed by atoms with Gasteiger partial charge in [0.05, 0.1) is 0 Å². The van der Waals surface area contributed by atoms with Crippen molar-refractivity contribution >= 4 is 17.5 Å². The third-order valence-corrected chi connectivity index (χ3v) is 4.04. The Bertz CT molecular complexity index is 574. The van der Waals surface area contributed by atoms with E-state index in [1.54, 1.807) is 0 Å². The first kappa shape index (κ1) is 14.6. The van der Waals surface area contributed by atoms with E-state index in [9.17, 15) is 4.79 Å². The first-order valence-electron chi connectivity index (χ1n) is 6.59. The molecule has 0 aliphatic heterocycles. The highest BCUT2D eigenvalue weighted by molar-refractivity contribution is 6.99. The average Bonchev–Trinajstić information content (AvgIpc) is 3.06. The molecule has 2 aromatic heterocycles. The predicted octanol–water partition coefficient (Wildman–Crippen LogP) is 0.972. The Kier molecular flexibility index (Phi) is 4.48. The van der Waals surface area contributed by atoms with Crippen LogP contribution in [0.25, 0.3) is 0 Å². The van der Waals surface area contributed by atoms with Gasteiger partial charge in [-0.1, -0.05) is 12.1 Å². The standard InChI is InChI=1S/C11H19N7OS/c1-4-11(2,3)18(9-10(19)15-20-14-9)7-5-6-8-12-16-17-13-8/h4-7H2,1-3H3,(H,15,19)(H,12,13,16,17). The van der Waals surface area contributed by atoms with Gasteiger partial charge in [0.25, 0.3) is 0 Å². The largest absolute Gasteiger partial charge is 0.346 e. The first-order valence-corrected chi connectivity index (χ1v) is 7.36. The summed E-state index contributed by atoms with van der Waals surface area (Å²) in [7, 11) is 0. The Hall–Kier alpha value is -1.77. The smallest absolute Gasteiger partial charge is 0.302 e. The van der Waals surface area contributed by atoms with Crippen molar-refractivity contribution in [2.45, 2.75) is 45.6 Å². The number of nitrogens with one attached hydrogen (secondary N) is 2. The van der Waals surface area contributed by atoms with Crippen LogP contribution in [0.4, 0.5) is 5.82 Å². The second-order valence-corrected chi connectivity index (χ2v) is 5.76. The lowest BCUT2D eigenvalue weighted by Crippen LogP contribution is -2.46. The van der Waals surface area contributed by atoms with Crippen LogP contribution >= 0.6 is 11.7 Å².